The van der Waals surface area contributed by atoms with Gasteiger partial charge in [0.05, 0.1) is 5.39 Å². The summed E-state index contributed by atoms with van der Waals surface area (Å²) in [5.74, 6) is 1.92. The van der Waals surface area contributed by atoms with Gasteiger partial charge < -0.3 is 14.9 Å². The van der Waals surface area contributed by atoms with Gasteiger partial charge in [-0.05, 0) is 68.5 Å². The minimum absolute atomic E-state index is 0.0209. The molecule has 5 rings (SSSR count). The van der Waals surface area contributed by atoms with Crippen LogP contribution in [0.5, 0.6) is 5.75 Å². The smallest absolute Gasteiger partial charge is 0.193 e. The van der Waals surface area contributed by atoms with Crippen LogP contribution < -0.4 is 15.9 Å². The van der Waals surface area contributed by atoms with E-state index in [0.29, 0.717) is 22.6 Å². The predicted octanol–water partition coefficient (Wildman–Crippen LogP) is 7.56. The molecule has 0 aliphatic heterocycles. The van der Waals surface area contributed by atoms with E-state index in [1.165, 1.54) is 31.9 Å². The Hall–Kier alpha value is -3.37. The maximum Gasteiger partial charge on any atom is 0.193 e. The molecule has 1 saturated carbocycles. The molecule has 4 heteroatoms. The van der Waals surface area contributed by atoms with Crippen LogP contribution in [-0.2, 0) is 6.42 Å². The summed E-state index contributed by atoms with van der Waals surface area (Å²) < 4.78 is 12.7. The normalized spacial score (nSPS) is 14.6. The van der Waals surface area contributed by atoms with Gasteiger partial charge in [-0.1, -0.05) is 79.9 Å². The lowest BCUT2D eigenvalue weighted by Gasteiger charge is -2.21. The molecule has 0 amide bonds. The Morgan fingerprint density at radius 3 is 2.31 bits per heavy atom. The molecule has 1 aromatic heterocycles. The molecule has 0 radical (unpaired) electrons. The van der Waals surface area contributed by atoms with Gasteiger partial charge in [-0.15, -0.1) is 0 Å². The third-order valence-electron chi connectivity index (χ3n) is 6.95. The maximum absolute atomic E-state index is 13.0. The van der Waals surface area contributed by atoms with Crippen LogP contribution in [0.4, 0.5) is 0 Å². The molecule has 2 N–H and O–H groups in total. The van der Waals surface area contributed by atoms with Crippen molar-refractivity contribution in [2.24, 2.45) is 5.73 Å². The highest BCUT2D eigenvalue weighted by molar-refractivity contribution is 5.78. The van der Waals surface area contributed by atoms with Crippen molar-refractivity contribution in [1.29, 1.82) is 0 Å². The van der Waals surface area contributed by atoms with Crippen LogP contribution in [-0.4, -0.2) is 7.05 Å². The highest BCUT2D eigenvalue weighted by Gasteiger charge is 2.20. The fourth-order valence-corrected chi connectivity index (χ4v) is 5.08. The molecule has 188 valence electrons. The largest absolute Gasteiger partial charge is 0.486 e. The average molecular weight is 484 g/mol. The quantitative estimate of drug-likeness (QED) is 0.281. The zero-order chi connectivity index (χ0) is 25.2. The van der Waals surface area contributed by atoms with Crippen molar-refractivity contribution in [3.63, 3.8) is 0 Å². The summed E-state index contributed by atoms with van der Waals surface area (Å²) in [6.45, 7) is 0. The topological polar surface area (TPSA) is 65.5 Å². The number of hydrogen-bond acceptors (Lipinski definition) is 4. The second-order valence-corrected chi connectivity index (χ2v) is 9.40. The Balaban J connectivity index is 0.00000148. The van der Waals surface area contributed by atoms with Crippen molar-refractivity contribution in [1.82, 2.24) is 0 Å². The van der Waals surface area contributed by atoms with E-state index >= 15 is 0 Å². The third kappa shape index (κ3) is 6.64. The summed E-state index contributed by atoms with van der Waals surface area (Å²) in [7, 11) is 1.50. The van der Waals surface area contributed by atoms with Gasteiger partial charge in [0.1, 0.15) is 23.2 Å². The predicted molar refractivity (Wildman–Crippen MR) is 148 cm³/mol. The van der Waals surface area contributed by atoms with Crippen molar-refractivity contribution in [3.05, 3.63) is 112 Å². The van der Waals surface area contributed by atoms with Crippen molar-refractivity contribution >= 4 is 11.0 Å². The molecule has 4 aromatic rings. The number of benzene rings is 3. The average Bonchev–Trinajstić information content (AvgIpc) is 2.95. The Labute approximate surface area is 214 Å². The van der Waals surface area contributed by atoms with Gasteiger partial charge >= 0.3 is 0 Å². The van der Waals surface area contributed by atoms with Crippen molar-refractivity contribution in [3.8, 4) is 5.75 Å². The zero-order valence-corrected chi connectivity index (χ0v) is 21.2. The van der Waals surface area contributed by atoms with Crippen molar-refractivity contribution < 1.29 is 9.15 Å². The number of ether oxygens (including phenoxy) is 1. The van der Waals surface area contributed by atoms with E-state index in [1.54, 1.807) is 6.07 Å². The first-order chi connectivity index (χ1) is 17.8. The molecule has 0 spiro atoms. The standard InChI is InChI=1S/C31H32O3.CH5N/c32-28-22-31(25-16-8-3-9-17-25)34-30-20-19-26(21-27(28)30)33-29(24-14-6-2-7-15-24)18-10-13-23-11-4-1-5-12-23;1-2/h1-2,4-7,11-12,14-15,19-22,25,29H,3,8-10,13,16-18H2;2H2,1H3. The Bertz CT molecular complexity index is 1260. The first kappa shape index (κ1) is 25.7. The zero-order valence-electron chi connectivity index (χ0n) is 21.2. The van der Waals surface area contributed by atoms with Crippen LogP contribution in [0.3, 0.4) is 0 Å². The lowest BCUT2D eigenvalue weighted by atomic mass is 9.87. The molecule has 0 saturated heterocycles. The van der Waals surface area contributed by atoms with Gasteiger partial charge in [0, 0.05) is 12.0 Å². The molecule has 1 unspecified atom stereocenters. The molecule has 4 nitrogen and oxygen atoms in total. The van der Waals surface area contributed by atoms with E-state index in [9.17, 15) is 4.79 Å². The Morgan fingerprint density at radius 1 is 0.889 bits per heavy atom. The number of nitrogens with two attached hydrogens (primary N) is 1. The highest BCUT2D eigenvalue weighted by Crippen LogP contribution is 2.34. The van der Waals surface area contributed by atoms with Crippen LogP contribution in [0.1, 0.15) is 73.9 Å². The Morgan fingerprint density at radius 2 is 1.58 bits per heavy atom. The van der Waals surface area contributed by atoms with Gasteiger partial charge in [0.2, 0.25) is 0 Å². The second kappa shape index (κ2) is 13.1. The number of aryl methyl sites for hydroxylation is 1. The molecule has 0 bridgehead atoms. The van der Waals surface area contributed by atoms with Gasteiger partial charge in [-0.25, -0.2) is 0 Å². The lowest BCUT2D eigenvalue weighted by molar-refractivity contribution is 0.192. The van der Waals surface area contributed by atoms with E-state index < -0.39 is 0 Å². The van der Waals surface area contributed by atoms with E-state index in [0.717, 1.165) is 43.4 Å². The van der Waals surface area contributed by atoms with Crippen LogP contribution in [0.25, 0.3) is 11.0 Å². The first-order valence-corrected chi connectivity index (χ1v) is 13.2. The fraction of sp³-hybridized carbons (Fsp3) is 0.344. The van der Waals surface area contributed by atoms with Crippen LogP contribution in [0.15, 0.2) is 94.1 Å². The summed E-state index contributed by atoms with van der Waals surface area (Å²) in [6.07, 6.45) is 8.78. The number of hydrogen-bond donors (Lipinski definition) is 1. The minimum atomic E-state index is -0.0732. The minimum Gasteiger partial charge on any atom is -0.486 e. The maximum atomic E-state index is 13.0. The first-order valence-electron chi connectivity index (χ1n) is 13.2. The van der Waals surface area contributed by atoms with Crippen molar-refractivity contribution in [2.75, 3.05) is 7.05 Å². The molecule has 1 fully saturated rings. The van der Waals surface area contributed by atoms with E-state index in [2.05, 4.69) is 42.1 Å². The van der Waals surface area contributed by atoms with Crippen molar-refractivity contribution in [2.45, 2.75) is 63.4 Å². The van der Waals surface area contributed by atoms with Gasteiger partial charge in [-0.2, -0.15) is 0 Å². The molecule has 36 heavy (non-hydrogen) atoms. The highest BCUT2D eigenvalue weighted by atomic mass is 16.5. The molecule has 1 aliphatic rings. The van der Waals surface area contributed by atoms with E-state index in [4.69, 9.17) is 9.15 Å². The summed E-state index contributed by atoms with van der Waals surface area (Å²) >= 11 is 0. The van der Waals surface area contributed by atoms with Crippen LogP contribution >= 0.6 is 0 Å². The molecule has 1 atom stereocenters. The lowest BCUT2D eigenvalue weighted by Crippen LogP contribution is -2.10. The number of fused-ring (bicyclic) bond motifs is 1. The van der Waals surface area contributed by atoms with Crippen LogP contribution in [0, 0.1) is 0 Å². The molecular formula is C32H37NO3. The molecule has 1 heterocycles. The van der Waals surface area contributed by atoms with E-state index in [1.807, 2.05) is 42.5 Å². The fourth-order valence-electron chi connectivity index (χ4n) is 5.08. The SMILES string of the molecule is CN.O=c1cc(C2CCCCC2)oc2ccc(OC(CCCc3ccccc3)c3ccccc3)cc12. The van der Waals surface area contributed by atoms with Gasteiger partial charge in [0.25, 0.3) is 0 Å². The summed E-state index contributed by atoms with van der Waals surface area (Å²) in [6, 6.07) is 28.3. The van der Waals surface area contributed by atoms with Gasteiger partial charge in [-0.3, -0.25) is 4.79 Å². The monoisotopic (exact) mass is 483 g/mol. The van der Waals surface area contributed by atoms with Crippen LogP contribution in [0.2, 0.25) is 0 Å². The molecular weight excluding hydrogens is 446 g/mol. The Kier molecular flexibility index (Phi) is 9.34. The van der Waals surface area contributed by atoms with Gasteiger partial charge in [0.15, 0.2) is 5.43 Å². The molecule has 1 aliphatic carbocycles. The summed E-state index contributed by atoms with van der Waals surface area (Å²) in [4.78, 5) is 13.0. The summed E-state index contributed by atoms with van der Waals surface area (Å²) in [5, 5.41) is 0.591. The number of rotatable bonds is 8. The van der Waals surface area contributed by atoms with E-state index in [-0.39, 0.29) is 11.5 Å². The second-order valence-electron chi connectivity index (χ2n) is 9.40. The summed E-state index contributed by atoms with van der Waals surface area (Å²) in [5.41, 5.74) is 7.66. The molecule has 3 aromatic carbocycles. The third-order valence-corrected chi connectivity index (χ3v) is 6.95.